The van der Waals surface area contributed by atoms with Crippen molar-refractivity contribution in [2.75, 3.05) is 0 Å². The molecule has 1 aromatic heterocycles. The van der Waals surface area contributed by atoms with Crippen molar-refractivity contribution >= 4 is 6.03 Å². The molecular formula is C22H24N4O2. The van der Waals surface area contributed by atoms with Gasteiger partial charge in [-0.05, 0) is 47.6 Å². The highest BCUT2D eigenvalue weighted by atomic mass is 16.3. The first-order chi connectivity index (χ1) is 13.7. The first kappa shape index (κ1) is 18.1. The third kappa shape index (κ3) is 4.17. The minimum atomic E-state index is -0.191. The molecule has 0 fully saturated rings. The topological polar surface area (TPSA) is 79.2 Å². The summed E-state index contributed by atoms with van der Waals surface area (Å²) in [5.74, 6) is 0.320. The van der Waals surface area contributed by atoms with Gasteiger partial charge in [0.25, 0.3) is 0 Å². The summed E-state index contributed by atoms with van der Waals surface area (Å²) in [7, 11) is 0. The van der Waals surface area contributed by atoms with Crippen LogP contribution in [0.1, 0.15) is 41.1 Å². The number of urea groups is 1. The van der Waals surface area contributed by atoms with Crippen molar-refractivity contribution in [1.29, 1.82) is 0 Å². The average molecular weight is 376 g/mol. The molecule has 0 radical (unpaired) electrons. The lowest BCUT2D eigenvalue weighted by Crippen LogP contribution is -2.38. The Morgan fingerprint density at radius 2 is 2.00 bits per heavy atom. The van der Waals surface area contributed by atoms with Crippen molar-refractivity contribution in [3.8, 4) is 5.75 Å². The normalized spacial score (nSPS) is 15.6. The Morgan fingerprint density at radius 1 is 1.18 bits per heavy atom. The standard InChI is InChI=1S/C22H24N4O2/c27-21-6-2-3-18-19(21)4-1-5-20(18)25-22(28)24-13-16-7-9-17(10-8-16)14-26-12-11-23-15-26/h2-3,6-12,15,20,27H,1,4-5,13-14H2,(H2,24,25,28). The molecule has 1 unspecified atom stereocenters. The number of fused-ring (bicyclic) bond motifs is 1. The number of imidazole rings is 1. The number of aromatic nitrogens is 2. The summed E-state index contributed by atoms with van der Waals surface area (Å²) in [4.78, 5) is 16.4. The molecule has 1 aliphatic carbocycles. The summed E-state index contributed by atoms with van der Waals surface area (Å²) < 4.78 is 2.01. The molecule has 0 spiro atoms. The molecule has 2 amide bonds. The number of phenolic OH excluding ortho intramolecular Hbond substituents is 1. The van der Waals surface area contributed by atoms with Gasteiger partial charge in [-0.15, -0.1) is 0 Å². The van der Waals surface area contributed by atoms with Gasteiger partial charge in [0.15, 0.2) is 0 Å². The SMILES string of the molecule is O=C(NCc1ccc(Cn2ccnc2)cc1)NC1CCCc2c(O)cccc21. The Morgan fingerprint density at radius 3 is 2.79 bits per heavy atom. The fourth-order valence-corrected chi connectivity index (χ4v) is 3.72. The molecule has 0 saturated carbocycles. The summed E-state index contributed by atoms with van der Waals surface area (Å²) in [6, 6.07) is 13.5. The van der Waals surface area contributed by atoms with E-state index < -0.39 is 0 Å². The van der Waals surface area contributed by atoms with Crippen LogP contribution in [-0.2, 0) is 19.5 Å². The number of nitrogens with zero attached hydrogens (tertiary/aromatic N) is 2. The second-order valence-electron chi connectivity index (χ2n) is 7.17. The van der Waals surface area contributed by atoms with E-state index in [-0.39, 0.29) is 12.1 Å². The van der Waals surface area contributed by atoms with E-state index in [2.05, 4.69) is 27.8 Å². The van der Waals surface area contributed by atoms with Gasteiger partial charge in [0, 0.05) is 25.5 Å². The molecule has 0 saturated heterocycles. The lowest BCUT2D eigenvalue weighted by Gasteiger charge is -2.27. The zero-order chi connectivity index (χ0) is 19.3. The van der Waals surface area contributed by atoms with E-state index in [0.29, 0.717) is 12.3 Å². The number of amides is 2. The van der Waals surface area contributed by atoms with E-state index in [9.17, 15) is 9.90 Å². The Bertz CT molecular complexity index is 936. The number of carbonyl (C=O) groups excluding carboxylic acids is 1. The van der Waals surface area contributed by atoms with Crippen LogP contribution in [0, 0.1) is 0 Å². The number of benzene rings is 2. The van der Waals surface area contributed by atoms with E-state index in [1.165, 1.54) is 5.56 Å². The second-order valence-corrected chi connectivity index (χ2v) is 7.17. The van der Waals surface area contributed by atoms with Crippen molar-refractivity contribution < 1.29 is 9.90 Å². The molecule has 28 heavy (non-hydrogen) atoms. The molecule has 1 aliphatic rings. The molecule has 1 heterocycles. The van der Waals surface area contributed by atoms with Crippen LogP contribution in [0.5, 0.6) is 5.75 Å². The molecule has 3 aromatic rings. The average Bonchev–Trinajstić information content (AvgIpc) is 3.21. The summed E-state index contributed by atoms with van der Waals surface area (Å²) in [5, 5.41) is 16.0. The Hall–Kier alpha value is -3.28. The van der Waals surface area contributed by atoms with Gasteiger partial charge in [0.2, 0.25) is 0 Å². The van der Waals surface area contributed by atoms with E-state index in [0.717, 1.165) is 42.5 Å². The molecule has 4 rings (SSSR count). The summed E-state index contributed by atoms with van der Waals surface area (Å²) in [5.41, 5.74) is 4.20. The van der Waals surface area contributed by atoms with E-state index in [4.69, 9.17) is 0 Å². The zero-order valence-electron chi connectivity index (χ0n) is 15.6. The molecule has 0 bridgehead atoms. The van der Waals surface area contributed by atoms with Gasteiger partial charge in [-0.25, -0.2) is 9.78 Å². The van der Waals surface area contributed by atoms with Crippen molar-refractivity contribution in [2.45, 2.75) is 38.4 Å². The van der Waals surface area contributed by atoms with Crippen molar-refractivity contribution in [3.63, 3.8) is 0 Å². The molecular weight excluding hydrogens is 352 g/mol. The van der Waals surface area contributed by atoms with Crippen LogP contribution >= 0.6 is 0 Å². The molecule has 2 aromatic carbocycles. The second kappa shape index (κ2) is 8.17. The lowest BCUT2D eigenvalue weighted by atomic mass is 9.87. The molecule has 6 nitrogen and oxygen atoms in total. The van der Waals surface area contributed by atoms with Gasteiger partial charge < -0.3 is 20.3 Å². The third-order valence-corrected chi connectivity index (χ3v) is 5.19. The Kier molecular flexibility index (Phi) is 5.28. The number of nitrogens with one attached hydrogen (secondary N) is 2. The number of hydrogen-bond donors (Lipinski definition) is 3. The summed E-state index contributed by atoms with van der Waals surface area (Å²) >= 11 is 0. The Labute approximate surface area is 164 Å². The molecule has 3 N–H and O–H groups in total. The van der Waals surface area contributed by atoms with Crippen molar-refractivity contribution in [3.05, 3.63) is 83.4 Å². The van der Waals surface area contributed by atoms with Crippen LogP contribution in [0.25, 0.3) is 0 Å². The fourth-order valence-electron chi connectivity index (χ4n) is 3.72. The maximum atomic E-state index is 12.4. The summed E-state index contributed by atoms with van der Waals surface area (Å²) in [6.07, 6.45) is 8.18. The zero-order valence-corrected chi connectivity index (χ0v) is 15.6. The van der Waals surface area contributed by atoms with Crippen LogP contribution in [0.4, 0.5) is 4.79 Å². The van der Waals surface area contributed by atoms with Crippen LogP contribution in [0.2, 0.25) is 0 Å². The van der Waals surface area contributed by atoms with Gasteiger partial charge in [-0.2, -0.15) is 0 Å². The van der Waals surface area contributed by atoms with E-state index in [1.54, 1.807) is 18.6 Å². The predicted octanol–water partition coefficient (Wildman–Crippen LogP) is 3.51. The Balaban J connectivity index is 1.31. The van der Waals surface area contributed by atoms with E-state index >= 15 is 0 Å². The third-order valence-electron chi connectivity index (χ3n) is 5.19. The van der Waals surface area contributed by atoms with Gasteiger partial charge in [0.05, 0.1) is 12.4 Å². The van der Waals surface area contributed by atoms with Crippen molar-refractivity contribution in [1.82, 2.24) is 20.2 Å². The maximum Gasteiger partial charge on any atom is 0.315 e. The van der Waals surface area contributed by atoms with E-state index in [1.807, 2.05) is 35.0 Å². The highest BCUT2D eigenvalue weighted by Crippen LogP contribution is 2.34. The predicted molar refractivity (Wildman–Crippen MR) is 107 cm³/mol. The highest BCUT2D eigenvalue weighted by Gasteiger charge is 2.23. The van der Waals surface area contributed by atoms with Gasteiger partial charge in [-0.1, -0.05) is 36.4 Å². The number of hydrogen-bond acceptors (Lipinski definition) is 3. The largest absolute Gasteiger partial charge is 0.508 e. The minimum Gasteiger partial charge on any atom is -0.508 e. The molecule has 6 heteroatoms. The number of carbonyl (C=O) groups is 1. The van der Waals surface area contributed by atoms with Gasteiger partial charge >= 0.3 is 6.03 Å². The first-order valence-electron chi connectivity index (χ1n) is 9.58. The molecule has 1 atom stereocenters. The van der Waals surface area contributed by atoms with Gasteiger partial charge in [-0.3, -0.25) is 0 Å². The van der Waals surface area contributed by atoms with Gasteiger partial charge in [0.1, 0.15) is 5.75 Å². The molecule has 144 valence electrons. The lowest BCUT2D eigenvalue weighted by molar-refractivity contribution is 0.235. The maximum absolute atomic E-state index is 12.4. The quantitative estimate of drug-likeness (QED) is 0.637. The van der Waals surface area contributed by atoms with Crippen LogP contribution < -0.4 is 10.6 Å². The van der Waals surface area contributed by atoms with Crippen LogP contribution in [0.15, 0.2) is 61.2 Å². The van der Waals surface area contributed by atoms with Crippen LogP contribution in [0.3, 0.4) is 0 Å². The highest BCUT2D eigenvalue weighted by molar-refractivity contribution is 5.74. The fraction of sp³-hybridized carbons (Fsp3) is 0.273. The number of aromatic hydroxyl groups is 1. The molecule has 0 aliphatic heterocycles. The summed E-state index contributed by atoms with van der Waals surface area (Å²) in [6.45, 7) is 1.25. The first-order valence-corrected chi connectivity index (χ1v) is 9.58. The smallest absolute Gasteiger partial charge is 0.315 e. The van der Waals surface area contributed by atoms with Crippen LogP contribution in [-0.4, -0.2) is 20.7 Å². The minimum absolute atomic E-state index is 0.0617. The van der Waals surface area contributed by atoms with Crippen molar-refractivity contribution in [2.24, 2.45) is 0 Å². The monoisotopic (exact) mass is 376 g/mol. The number of rotatable bonds is 5. The number of phenols is 1.